The van der Waals surface area contributed by atoms with Crippen molar-refractivity contribution in [1.82, 2.24) is 20.2 Å². The molecule has 3 aromatic rings. The van der Waals surface area contributed by atoms with E-state index < -0.39 is 0 Å². The van der Waals surface area contributed by atoms with Crippen LogP contribution in [-0.2, 0) is 0 Å². The van der Waals surface area contributed by atoms with E-state index >= 15 is 0 Å². The van der Waals surface area contributed by atoms with Gasteiger partial charge in [0.05, 0.1) is 4.88 Å². The van der Waals surface area contributed by atoms with Crippen LogP contribution >= 0.6 is 11.3 Å². The summed E-state index contributed by atoms with van der Waals surface area (Å²) in [5, 5.41) is 3.77. The van der Waals surface area contributed by atoms with Crippen LogP contribution in [0.4, 0.5) is 5.82 Å². The van der Waals surface area contributed by atoms with Gasteiger partial charge in [-0.3, -0.25) is 9.59 Å². The van der Waals surface area contributed by atoms with E-state index in [1.165, 1.54) is 30.6 Å². The van der Waals surface area contributed by atoms with E-state index in [1.807, 2.05) is 29.2 Å². The Hall–Kier alpha value is -3.00. The molecule has 3 aromatic heterocycles. The van der Waals surface area contributed by atoms with Gasteiger partial charge in [0.15, 0.2) is 0 Å². The molecular formula is C24H27N5O2S. The largest absolute Gasteiger partial charge is 0.357 e. The first-order chi connectivity index (χ1) is 15.7. The van der Waals surface area contributed by atoms with Gasteiger partial charge in [0.25, 0.3) is 11.8 Å². The van der Waals surface area contributed by atoms with E-state index in [9.17, 15) is 9.59 Å². The molecule has 166 valence electrons. The molecule has 5 rings (SSSR count). The molecule has 0 aliphatic carbocycles. The van der Waals surface area contributed by atoms with Crippen LogP contribution in [0, 0.1) is 0 Å². The molecule has 0 bridgehead atoms. The number of hydrogen-bond acceptors (Lipinski definition) is 6. The second-order valence-corrected chi connectivity index (χ2v) is 9.47. The van der Waals surface area contributed by atoms with Gasteiger partial charge in [-0.1, -0.05) is 6.07 Å². The summed E-state index contributed by atoms with van der Waals surface area (Å²) in [4.78, 5) is 40.6. The number of nitrogens with zero attached hydrogens (tertiary/aromatic N) is 4. The van der Waals surface area contributed by atoms with E-state index in [4.69, 9.17) is 0 Å². The highest BCUT2D eigenvalue weighted by molar-refractivity contribution is 7.20. The number of fused-ring (bicyclic) bond motifs is 1. The van der Waals surface area contributed by atoms with Gasteiger partial charge in [-0.25, -0.2) is 9.97 Å². The third kappa shape index (κ3) is 3.83. The van der Waals surface area contributed by atoms with Crippen molar-refractivity contribution >= 4 is 39.2 Å². The minimum atomic E-state index is -0.0897. The quantitative estimate of drug-likeness (QED) is 0.658. The number of anilines is 1. The standard InChI is InChI=1S/C24H27N5O2S/c1-25-22(30)21-20(18-6-5-9-27-23(18)32-21)17-8-13-29(15-17)24(31)16-7-10-26-19(14-16)28-11-3-2-4-12-28/h5-7,9-10,14,17H,2-4,8,11-13,15H2,1H3,(H,25,30)/t17-/m0/s1. The van der Waals surface area contributed by atoms with E-state index in [0.717, 1.165) is 41.1 Å². The molecule has 0 radical (unpaired) electrons. The summed E-state index contributed by atoms with van der Waals surface area (Å²) >= 11 is 1.43. The third-order valence-corrected chi connectivity index (χ3v) is 7.62. The molecule has 0 unspecified atom stereocenters. The molecule has 1 N–H and O–H groups in total. The van der Waals surface area contributed by atoms with E-state index in [2.05, 4.69) is 20.2 Å². The number of pyridine rings is 2. The van der Waals surface area contributed by atoms with Crippen LogP contribution in [0.25, 0.3) is 10.2 Å². The molecule has 2 fully saturated rings. The van der Waals surface area contributed by atoms with Gasteiger partial charge >= 0.3 is 0 Å². The highest BCUT2D eigenvalue weighted by Gasteiger charge is 2.33. The van der Waals surface area contributed by atoms with Gasteiger partial charge in [0, 0.05) is 62.5 Å². The highest BCUT2D eigenvalue weighted by atomic mass is 32.1. The predicted molar refractivity (Wildman–Crippen MR) is 127 cm³/mol. The van der Waals surface area contributed by atoms with Crippen molar-refractivity contribution in [1.29, 1.82) is 0 Å². The number of piperidine rings is 1. The number of rotatable bonds is 4. The van der Waals surface area contributed by atoms with E-state index in [1.54, 1.807) is 19.4 Å². The summed E-state index contributed by atoms with van der Waals surface area (Å²) in [6, 6.07) is 7.67. The van der Waals surface area contributed by atoms with Crippen molar-refractivity contribution in [3.8, 4) is 0 Å². The molecule has 2 amide bonds. The number of thiophene rings is 1. The second-order valence-electron chi connectivity index (χ2n) is 8.47. The summed E-state index contributed by atoms with van der Waals surface area (Å²) in [6.45, 7) is 3.27. The van der Waals surface area contributed by atoms with Crippen LogP contribution in [-0.4, -0.2) is 59.9 Å². The lowest BCUT2D eigenvalue weighted by atomic mass is 9.95. The first-order valence-corrected chi connectivity index (χ1v) is 12.1. The first-order valence-electron chi connectivity index (χ1n) is 11.3. The molecule has 32 heavy (non-hydrogen) atoms. The Morgan fingerprint density at radius 1 is 1.09 bits per heavy atom. The number of carbonyl (C=O) groups excluding carboxylic acids is 2. The third-order valence-electron chi connectivity index (χ3n) is 6.49. The maximum absolute atomic E-state index is 13.3. The molecular weight excluding hydrogens is 422 g/mol. The van der Waals surface area contributed by atoms with Crippen molar-refractivity contribution < 1.29 is 9.59 Å². The smallest absolute Gasteiger partial charge is 0.261 e. The number of carbonyl (C=O) groups is 2. The van der Waals surface area contributed by atoms with Gasteiger partial charge in [-0.05, 0) is 49.4 Å². The number of aromatic nitrogens is 2. The van der Waals surface area contributed by atoms with Gasteiger partial charge < -0.3 is 15.1 Å². The molecule has 0 spiro atoms. The fourth-order valence-electron chi connectivity index (χ4n) is 4.85. The zero-order valence-electron chi connectivity index (χ0n) is 18.2. The Kier molecular flexibility index (Phi) is 5.78. The Bertz CT molecular complexity index is 1150. The average molecular weight is 450 g/mol. The van der Waals surface area contributed by atoms with Crippen molar-refractivity contribution in [2.24, 2.45) is 0 Å². The van der Waals surface area contributed by atoms with Gasteiger partial charge in [-0.2, -0.15) is 0 Å². The van der Waals surface area contributed by atoms with Gasteiger partial charge in [0.2, 0.25) is 0 Å². The van der Waals surface area contributed by atoms with E-state index in [-0.39, 0.29) is 17.7 Å². The summed E-state index contributed by atoms with van der Waals surface area (Å²) in [6.07, 6.45) is 7.93. The lowest BCUT2D eigenvalue weighted by Crippen LogP contribution is -2.31. The molecule has 2 saturated heterocycles. The molecule has 0 saturated carbocycles. The Morgan fingerprint density at radius 2 is 1.94 bits per heavy atom. The van der Waals surface area contributed by atoms with Crippen molar-refractivity contribution in [3.05, 3.63) is 52.7 Å². The molecule has 0 aromatic carbocycles. The molecule has 5 heterocycles. The van der Waals surface area contributed by atoms with Gasteiger partial charge in [-0.15, -0.1) is 11.3 Å². The number of likely N-dealkylation sites (tertiary alicyclic amines) is 1. The first kappa shape index (κ1) is 20.9. The summed E-state index contributed by atoms with van der Waals surface area (Å²) in [5.41, 5.74) is 1.71. The van der Waals surface area contributed by atoms with Crippen LogP contribution in [0.2, 0.25) is 0 Å². The minimum Gasteiger partial charge on any atom is -0.357 e. The normalized spacial score (nSPS) is 18.8. The molecule has 2 aliphatic rings. The molecule has 2 aliphatic heterocycles. The maximum atomic E-state index is 13.3. The topological polar surface area (TPSA) is 78.4 Å². The fourth-order valence-corrected chi connectivity index (χ4v) is 6.03. The number of amides is 2. The monoisotopic (exact) mass is 449 g/mol. The van der Waals surface area contributed by atoms with Crippen LogP contribution < -0.4 is 10.2 Å². The van der Waals surface area contributed by atoms with Crippen LogP contribution in [0.15, 0.2) is 36.7 Å². The zero-order chi connectivity index (χ0) is 22.1. The van der Waals surface area contributed by atoms with Crippen LogP contribution in [0.5, 0.6) is 0 Å². The second kappa shape index (κ2) is 8.86. The predicted octanol–water partition coefficient (Wildman–Crippen LogP) is 3.67. The Balaban J connectivity index is 1.38. The molecule has 7 nitrogen and oxygen atoms in total. The van der Waals surface area contributed by atoms with Crippen molar-refractivity contribution in [2.45, 2.75) is 31.6 Å². The summed E-state index contributed by atoms with van der Waals surface area (Å²) in [7, 11) is 1.65. The number of nitrogens with one attached hydrogen (secondary N) is 1. The van der Waals surface area contributed by atoms with Gasteiger partial charge in [0.1, 0.15) is 10.6 Å². The average Bonchev–Trinajstić information content (AvgIpc) is 3.48. The SMILES string of the molecule is CNC(=O)c1sc2ncccc2c1[C@H]1CCN(C(=O)c2ccnc(N3CCCCC3)c2)C1. The lowest BCUT2D eigenvalue weighted by Gasteiger charge is -2.28. The van der Waals surface area contributed by atoms with Crippen molar-refractivity contribution in [3.63, 3.8) is 0 Å². The highest BCUT2D eigenvalue weighted by Crippen LogP contribution is 2.39. The van der Waals surface area contributed by atoms with Crippen LogP contribution in [0.1, 0.15) is 57.2 Å². The maximum Gasteiger partial charge on any atom is 0.261 e. The van der Waals surface area contributed by atoms with E-state index in [0.29, 0.717) is 23.5 Å². The number of hydrogen-bond donors (Lipinski definition) is 1. The summed E-state index contributed by atoms with van der Waals surface area (Å²) < 4.78 is 0. The molecule has 1 atom stereocenters. The molecule has 8 heteroatoms. The fraction of sp³-hybridized carbons (Fsp3) is 0.417. The Morgan fingerprint density at radius 3 is 2.75 bits per heavy atom. The van der Waals surface area contributed by atoms with Crippen molar-refractivity contribution in [2.75, 3.05) is 38.1 Å². The minimum absolute atomic E-state index is 0.0345. The summed E-state index contributed by atoms with van der Waals surface area (Å²) in [5.74, 6) is 0.955. The lowest BCUT2D eigenvalue weighted by molar-refractivity contribution is 0.0790. The Labute approximate surface area is 191 Å². The zero-order valence-corrected chi connectivity index (χ0v) is 19.0. The van der Waals surface area contributed by atoms with Crippen LogP contribution in [0.3, 0.4) is 0 Å².